The molecule has 1 saturated carbocycles. The topological polar surface area (TPSA) is 62.5 Å². The molecule has 0 spiro atoms. The molecule has 2 aromatic rings. The molecule has 0 atom stereocenters. The molecule has 2 aromatic heterocycles. The summed E-state index contributed by atoms with van der Waals surface area (Å²) in [5.41, 5.74) is 0.866. The zero-order valence-corrected chi connectivity index (χ0v) is 14.7. The third kappa shape index (κ3) is 3.62. The summed E-state index contributed by atoms with van der Waals surface area (Å²) in [5, 5.41) is 11.8. The van der Waals surface area contributed by atoms with Crippen molar-refractivity contribution in [3.05, 3.63) is 24.4 Å². The fourth-order valence-electron chi connectivity index (χ4n) is 4.17. The van der Waals surface area contributed by atoms with Crippen LogP contribution in [0.2, 0.25) is 0 Å². The molecule has 0 unspecified atom stereocenters. The Kier molecular flexibility index (Phi) is 4.85. The molecule has 4 rings (SSSR count). The molecule has 2 fully saturated rings. The monoisotopic (exact) mass is 341 g/mol. The van der Waals surface area contributed by atoms with Crippen LogP contribution in [0.5, 0.6) is 0 Å². The molecule has 1 saturated heterocycles. The zero-order valence-electron chi connectivity index (χ0n) is 14.7. The zero-order chi connectivity index (χ0) is 17.1. The number of fused-ring (bicyclic) bond motifs is 1. The minimum atomic E-state index is 0.138. The molecule has 1 amide bonds. The number of carbonyl (C=O) groups is 1. The number of pyridine rings is 1. The Morgan fingerprint density at radius 1 is 1.08 bits per heavy atom. The highest BCUT2D eigenvalue weighted by Crippen LogP contribution is 2.24. The van der Waals surface area contributed by atoms with Gasteiger partial charge in [0.25, 0.3) is 0 Å². The minimum absolute atomic E-state index is 0.138. The summed E-state index contributed by atoms with van der Waals surface area (Å²) in [7, 11) is 0. The highest BCUT2D eigenvalue weighted by Gasteiger charge is 2.27. The number of hydrogen-bond acceptors (Lipinski definition) is 4. The van der Waals surface area contributed by atoms with Crippen LogP contribution in [0.3, 0.4) is 0 Å². The normalized spacial score (nSPS) is 20.1. The Morgan fingerprint density at radius 3 is 2.68 bits per heavy atom. The molecule has 1 aliphatic carbocycles. The number of hydrogen-bond donors (Lipinski definition) is 1. The number of rotatable bonds is 4. The second kappa shape index (κ2) is 7.42. The average molecular weight is 341 g/mol. The van der Waals surface area contributed by atoms with Gasteiger partial charge in [-0.3, -0.25) is 9.20 Å². The van der Waals surface area contributed by atoms with Crippen LogP contribution in [0, 0.1) is 11.8 Å². The van der Waals surface area contributed by atoms with Crippen LogP contribution in [0.4, 0.5) is 5.95 Å². The molecule has 0 radical (unpaired) electrons. The maximum atomic E-state index is 12.5. The molecule has 1 aliphatic heterocycles. The number of anilines is 1. The Balaban J connectivity index is 1.29. The summed E-state index contributed by atoms with van der Waals surface area (Å²) in [6.45, 7) is 2.59. The van der Waals surface area contributed by atoms with Crippen LogP contribution in [0.15, 0.2) is 24.4 Å². The SMILES string of the molecule is O=C(NCC1CCCCC1)C1CCN(c2nnc3ccccn23)CC1. The average Bonchev–Trinajstić information content (AvgIpc) is 3.11. The van der Waals surface area contributed by atoms with Crippen molar-refractivity contribution in [2.24, 2.45) is 11.8 Å². The smallest absolute Gasteiger partial charge is 0.231 e. The molecule has 25 heavy (non-hydrogen) atoms. The quantitative estimate of drug-likeness (QED) is 0.929. The van der Waals surface area contributed by atoms with E-state index in [9.17, 15) is 4.79 Å². The number of carbonyl (C=O) groups excluding carboxylic acids is 1. The summed E-state index contributed by atoms with van der Waals surface area (Å²) < 4.78 is 2.02. The van der Waals surface area contributed by atoms with Gasteiger partial charge in [0.15, 0.2) is 5.65 Å². The summed E-state index contributed by atoms with van der Waals surface area (Å²) in [4.78, 5) is 14.7. The number of nitrogens with zero attached hydrogens (tertiary/aromatic N) is 4. The highest BCUT2D eigenvalue weighted by atomic mass is 16.1. The van der Waals surface area contributed by atoms with E-state index >= 15 is 0 Å². The van der Waals surface area contributed by atoms with E-state index in [-0.39, 0.29) is 11.8 Å². The first kappa shape index (κ1) is 16.4. The van der Waals surface area contributed by atoms with Crippen molar-refractivity contribution < 1.29 is 4.79 Å². The second-order valence-corrected chi connectivity index (χ2v) is 7.44. The van der Waals surface area contributed by atoms with Gasteiger partial charge in [-0.2, -0.15) is 0 Å². The Bertz CT molecular complexity index is 713. The van der Waals surface area contributed by atoms with E-state index < -0.39 is 0 Å². The lowest BCUT2D eigenvalue weighted by molar-refractivity contribution is -0.125. The first-order valence-electron chi connectivity index (χ1n) is 9.63. The van der Waals surface area contributed by atoms with Gasteiger partial charge in [-0.25, -0.2) is 0 Å². The molecular weight excluding hydrogens is 314 g/mol. The first-order valence-corrected chi connectivity index (χ1v) is 9.63. The lowest BCUT2D eigenvalue weighted by atomic mass is 9.89. The fraction of sp³-hybridized carbons (Fsp3) is 0.632. The van der Waals surface area contributed by atoms with E-state index in [1.807, 2.05) is 28.8 Å². The highest BCUT2D eigenvalue weighted by molar-refractivity contribution is 5.79. The van der Waals surface area contributed by atoms with Crippen molar-refractivity contribution in [1.82, 2.24) is 19.9 Å². The summed E-state index contributed by atoms with van der Waals surface area (Å²) in [6.07, 6.45) is 10.3. The predicted octanol–water partition coefficient (Wildman–Crippen LogP) is 2.64. The van der Waals surface area contributed by atoms with Gasteiger partial charge in [0.05, 0.1) is 0 Å². The standard InChI is InChI=1S/C19H27N5O/c25-18(20-14-15-6-2-1-3-7-15)16-9-12-23(13-10-16)19-22-21-17-8-4-5-11-24(17)19/h4-5,8,11,15-16H,1-3,6-7,9-10,12-14H2,(H,20,25). The summed E-state index contributed by atoms with van der Waals surface area (Å²) >= 11 is 0. The maximum absolute atomic E-state index is 12.5. The van der Waals surface area contributed by atoms with Gasteiger partial charge in [-0.1, -0.05) is 25.3 Å². The van der Waals surface area contributed by atoms with E-state index in [1.165, 1.54) is 32.1 Å². The van der Waals surface area contributed by atoms with Gasteiger partial charge in [0.1, 0.15) is 0 Å². The van der Waals surface area contributed by atoms with Gasteiger partial charge in [-0.05, 0) is 43.7 Å². The molecule has 3 heterocycles. The number of amides is 1. The van der Waals surface area contributed by atoms with Crippen molar-refractivity contribution in [3.8, 4) is 0 Å². The van der Waals surface area contributed by atoms with Gasteiger partial charge < -0.3 is 10.2 Å². The van der Waals surface area contributed by atoms with Crippen LogP contribution in [0.1, 0.15) is 44.9 Å². The van der Waals surface area contributed by atoms with Crippen molar-refractivity contribution in [1.29, 1.82) is 0 Å². The van der Waals surface area contributed by atoms with Crippen LogP contribution in [0.25, 0.3) is 5.65 Å². The van der Waals surface area contributed by atoms with E-state index in [0.717, 1.165) is 44.1 Å². The summed E-state index contributed by atoms with van der Waals surface area (Å²) in [6, 6.07) is 5.92. The van der Waals surface area contributed by atoms with Gasteiger partial charge in [0.2, 0.25) is 11.9 Å². The Morgan fingerprint density at radius 2 is 1.88 bits per heavy atom. The first-order chi connectivity index (χ1) is 12.3. The van der Waals surface area contributed by atoms with Crippen molar-refractivity contribution >= 4 is 17.5 Å². The minimum Gasteiger partial charge on any atom is -0.356 e. The molecule has 134 valence electrons. The van der Waals surface area contributed by atoms with Gasteiger partial charge in [0, 0.05) is 31.7 Å². The Hall–Kier alpha value is -2.11. The molecule has 1 N–H and O–H groups in total. The number of piperidine rings is 1. The van der Waals surface area contributed by atoms with E-state index in [0.29, 0.717) is 5.92 Å². The second-order valence-electron chi connectivity index (χ2n) is 7.44. The summed E-state index contributed by atoms with van der Waals surface area (Å²) in [5.74, 6) is 1.96. The van der Waals surface area contributed by atoms with Crippen molar-refractivity contribution in [2.45, 2.75) is 44.9 Å². The van der Waals surface area contributed by atoms with Gasteiger partial charge >= 0.3 is 0 Å². The molecule has 0 bridgehead atoms. The van der Waals surface area contributed by atoms with Gasteiger partial charge in [-0.15, -0.1) is 10.2 Å². The lowest BCUT2D eigenvalue weighted by Gasteiger charge is -2.31. The third-order valence-corrected chi connectivity index (χ3v) is 5.73. The maximum Gasteiger partial charge on any atom is 0.231 e. The van der Waals surface area contributed by atoms with E-state index in [2.05, 4.69) is 20.4 Å². The van der Waals surface area contributed by atoms with E-state index in [1.54, 1.807) is 0 Å². The molecule has 6 heteroatoms. The molecule has 0 aromatic carbocycles. The lowest BCUT2D eigenvalue weighted by Crippen LogP contribution is -2.42. The predicted molar refractivity (Wildman–Crippen MR) is 97.5 cm³/mol. The molecule has 6 nitrogen and oxygen atoms in total. The number of aromatic nitrogens is 3. The van der Waals surface area contributed by atoms with Crippen LogP contribution < -0.4 is 10.2 Å². The molecular formula is C19H27N5O. The van der Waals surface area contributed by atoms with E-state index in [4.69, 9.17) is 0 Å². The third-order valence-electron chi connectivity index (χ3n) is 5.73. The number of nitrogens with one attached hydrogen (secondary N) is 1. The largest absolute Gasteiger partial charge is 0.356 e. The van der Waals surface area contributed by atoms with Crippen LogP contribution in [-0.2, 0) is 4.79 Å². The van der Waals surface area contributed by atoms with Crippen molar-refractivity contribution in [2.75, 3.05) is 24.5 Å². The fourth-order valence-corrected chi connectivity index (χ4v) is 4.17. The van der Waals surface area contributed by atoms with Crippen LogP contribution in [-0.4, -0.2) is 40.1 Å². The Labute approximate surface area is 148 Å². The molecule has 2 aliphatic rings. The van der Waals surface area contributed by atoms with Crippen molar-refractivity contribution in [3.63, 3.8) is 0 Å². The van der Waals surface area contributed by atoms with Crippen LogP contribution >= 0.6 is 0 Å².